The van der Waals surface area contributed by atoms with Gasteiger partial charge in [-0.1, -0.05) is 6.92 Å². The Morgan fingerprint density at radius 3 is 2.90 bits per heavy atom. The standard InChI is InChI=1S/C15H17F2N3/c1-10-9-18-6-4-12(10)14-5-7-19-20(14)15-3-2-11(16)8-13(15)17/h2-3,5,7-8,10,12,18H,4,6,9H2,1H3/t10-,12+/m0/s1. The summed E-state index contributed by atoms with van der Waals surface area (Å²) in [5.74, 6) is -0.363. The lowest BCUT2D eigenvalue weighted by atomic mass is 9.85. The summed E-state index contributed by atoms with van der Waals surface area (Å²) in [6, 6.07) is 5.52. The van der Waals surface area contributed by atoms with Gasteiger partial charge < -0.3 is 5.32 Å². The van der Waals surface area contributed by atoms with Crippen molar-refractivity contribution >= 4 is 0 Å². The van der Waals surface area contributed by atoms with Crippen molar-refractivity contribution in [2.75, 3.05) is 13.1 Å². The Kier molecular flexibility index (Phi) is 3.53. The fourth-order valence-electron chi connectivity index (χ4n) is 2.90. The van der Waals surface area contributed by atoms with Crippen LogP contribution in [-0.2, 0) is 0 Å². The van der Waals surface area contributed by atoms with E-state index in [4.69, 9.17) is 0 Å². The average molecular weight is 277 g/mol. The minimum Gasteiger partial charge on any atom is -0.316 e. The third kappa shape index (κ3) is 2.33. The summed E-state index contributed by atoms with van der Waals surface area (Å²) in [5.41, 5.74) is 1.29. The van der Waals surface area contributed by atoms with Gasteiger partial charge in [0, 0.05) is 23.9 Å². The number of halogens is 2. The predicted molar refractivity (Wildman–Crippen MR) is 72.9 cm³/mol. The van der Waals surface area contributed by atoms with E-state index in [0.717, 1.165) is 31.3 Å². The Hall–Kier alpha value is -1.75. The van der Waals surface area contributed by atoms with Gasteiger partial charge in [-0.2, -0.15) is 5.10 Å². The minimum atomic E-state index is -0.587. The summed E-state index contributed by atoms with van der Waals surface area (Å²) in [6.45, 7) is 4.07. The highest BCUT2D eigenvalue weighted by Crippen LogP contribution is 2.31. The molecule has 3 nitrogen and oxygen atoms in total. The molecule has 5 heteroatoms. The van der Waals surface area contributed by atoms with Crippen molar-refractivity contribution in [2.24, 2.45) is 5.92 Å². The summed E-state index contributed by atoms with van der Waals surface area (Å²) in [5, 5.41) is 7.57. The first kappa shape index (κ1) is 13.2. The van der Waals surface area contributed by atoms with E-state index < -0.39 is 11.6 Å². The normalized spacial score (nSPS) is 22.9. The van der Waals surface area contributed by atoms with Crippen molar-refractivity contribution < 1.29 is 8.78 Å². The molecule has 1 aliphatic heterocycles. The third-order valence-electron chi connectivity index (χ3n) is 3.98. The summed E-state index contributed by atoms with van der Waals surface area (Å²) < 4.78 is 28.6. The van der Waals surface area contributed by atoms with Gasteiger partial charge in [0.25, 0.3) is 0 Å². The summed E-state index contributed by atoms with van der Waals surface area (Å²) >= 11 is 0. The molecule has 1 aliphatic rings. The molecule has 1 aromatic carbocycles. The SMILES string of the molecule is C[C@H]1CNCC[C@H]1c1ccnn1-c1ccc(F)cc1F. The van der Waals surface area contributed by atoms with Gasteiger partial charge in [0.2, 0.25) is 0 Å². The fourth-order valence-corrected chi connectivity index (χ4v) is 2.90. The van der Waals surface area contributed by atoms with Crippen LogP contribution >= 0.6 is 0 Å². The van der Waals surface area contributed by atoms with E-state index in [0.29, 0.717) is 17.5 Å². The zero-order chi connectivity index (χ0) is 14.1. The van der Waals surface area contributed by atoms with Crippen molar-refractivity contribution in [3.63, 3.8) is 0 Å². The van der Waals surface area contributed by atoms with E-state index in [9.17, 15) is 8.78 Å². The fraction of sp³-hybridized carbons (Fsp3) is 0.400. The monoisotopic (exact) mass is 277 g/mol. The second-order valence-corrected chi connectivity index (χ2v) is 5.34. The first-order chi connectivity index (χ1) is 9.66. The van der Waals surface area contributed by atoms with Gasteiger partial charge in [0.1, 0.15) is 11.5 Å². The second-order valence-electron chi connectivity index (χ2n) is 5.34. The van der Waals surface area contributed by atoms with Crippen molar-refractivity contribution in [1.82, 2.24) is 15.1 Å². The first-order valence-electron chi connectivity index (χ1n) is 6.87. The molecule has 1 fully saturated rings. The van der Waals surface area contributed by atoms with Gasteiger partial charge in [-0.15, -0.1) is 0 Å². The molecule has 0 aliphatic carbocycles. The number of nitrogens with zero attached hydrogens (tertiary/aromatic N) is 2. The molecule has 0 radical (unpaired) electrons. The topological polar surface area (TPSA) is 29.9 Å². The lowest BCUT2D eigenvalue weighted by molar-refractivity contribution is 0.339. The predicted octanol–water partition coefficient (Wildman–Crippen LogP) is 2.86. The van der Waals surface area contributed by atoms with Crippen LogP contribution in [-0.4, -0.2) is 22.9 Å². The minimum absolute atomic E-state index is 0.303. The summed E-state index contributed by atoms with van der Waals surface area (Å²) in [4.78, 5) is 0. The number of benzene rings is 1. The molecular weight excluding hydrogens is 260 g/mol. The number of hydrogen-bond acceptors (Lipinski definition) is 2. The number of rotatable bonds is 2. The van der Waals surface area contributed by atoms with E-state index in [-0.39, 0.29) is 0 Å². The summed E-state index contributed by atoms with van der Waals surface area (Å²) in [6.07, 6.45) is 2.67. The maximum atomic E-state index is 13.9. The van der Waals surface area contributed by atoms with E-state index in [1.54, 1.807) is 10.9 Å². The molecule has 2 heterocycles. The van der Waals surface area contributed by atoms with Crippen molar-refractivity contribution in [3.05, 3.63) is 47.8 Å². The molecule has 20 heavy (non-hydrogen) atoms. The van der Waals surface area contributed by atoms with Crippen LogP contribution in [0.2, 0.25) is 0 Å². The Morgan fingerprint density at radius 2 is 2.15 bits per heavy atom. The van der Waals surface area contributed by atoms with E-state index in [2.05, 4.69) is 17.3 Å². The highest BCUT2D eigenvalue weighted by atomic mass is 19.1. The molecule has 2 aromatic rings. The van der Waals surface area contributed by atoms with Crippen molar-refractivity contribution in [2.45, 2.75) is 19.3 Å². The molecule has 1 N–H and O–H groups in total. The van der Waals surface area contributed by atoms with Gasteiger partial charge in [-0.3, -0.25) is 0 Å². The van der Waals surface area contributed by atoms with Crippen LogP contribution in [0.15, 0.2) is 30.5 Å². The molecule has 106 valence electrons. The quantitative estimate of drug-likeness (QED) is 0.914. The number of nitrogens with one attached hydrogen (secondary N) is 1. The van der Waals surface area contributed by atoms with Crippen LogP contribution in [0.3, 0.4) is 0 Å². The first-order valence-corrected chi connectivity index (χ1v) is 6.87. The van der Waals surface area contributed by atoms with Crippen LogP contribution in [0.1, 0.15) is 25.0 Å². The van der Waals surface area contributed by atoms with Crippen LogP contribution in [0, 0.1) is 17.6 Å². The van der Waals surface area contributed by atoms with Crippen molar-refractivity contribution in [1.29, 1.82) is 0 Å². The Balaban J connectivity index is 2.01. The largest absolute Gasteiger partial charge is 0.316 e. The molecule has 3 rings (SSSR count). The Labute approximate surface area is 116 Å². The molecule has 0 saturated carbocycles. The van der Waals surface area contributed by atoms with E-state index >= 15 is 0 Å². The Morgan fingerprint density at radius 1 is 1.30 bits per heavy atom. The van der Waals surface area contributed by atoms with Gasteiger partial charge in [0.15, 0.2) is 5.82 Å². The van der Waals surface area contributed by atoms with E-state index in [1.165, 1.54) is 12.1 Å². The number of piperidine rings is 1. The molecule has 1 aromatic heterocycles. The molecule has 0 spiro atoms. The third-order valence-corrected chi connectivity index (χ3v) is 3.98. The zero-order valence-corrected chi connectivity index (χ0v) is 11.3. The number of hydrogen-bond donors (Lipinski definition) is 1. The maximum absolute atomic E-state index is 13.9. The molecule has 1 saturated heterocycles. The van der Waals surface area contributed by atoms with Crippen LogP contribution in [0.5, 0.6) is 0 Å². The average Bonchev–Trinajstić information content (AvgIpc) is 2.88. The van der Waals surface area contributed by atoms with E-state index in [1.807, 2.05) is 6.07 Å². The molecule has 2 atom stereocenters. The van der Waals surface area contributed by atoms with Crippen molar-refractivity contribution in [3.8, 4) is 5.69 Å². The zero-order valence-electron chi connectivity index (χ0n) is 11.3. The van der Waals surface area contributed by atoms with Gasteiger partial charge in [-0.25, -0.2) is 13.5 Å². The van der Waals surface area contributed by atoms with Gasteiger partial charge >= 0.3 is 0 Å². The highest BCUT2D eigenvalue weighted by Gasteiger charge is 2.26. The Bertz CT molecular complexity index is 609. The highest BCUT2D eigenvalue weighted by molar-refractivity contribution is 5.35. The second kappa shape index (κ2) is 5.32. The summed E-state index contributed by atoms with van der Waals surface area (Å²) in [7, 11) is 0. The number of aromatic nitrogens is 2. The molecule has 0 amide bonds. The smallest absolute Gasteiger partial charge is 0.151 e. The van der Waals surface area contributed by atoms with Crippen LogP contribution in [0.25, 0.3) is 5.69 Å². The maximum Gasteiger partial charge on any atom is 0.151 e. The lowest BCUT2D eigenvalue weighted by Gasteiger charge is -2.30. The molecule has 0 bridgehead atoms. The molecular formula is C15H17F2N3. The van der Waals surface area contributed by atoms with Gasteiger partial charge in [0.05, 0.1) is 0 Å². The van der Waals surface area contributed by atoms with Crippen LogP contribution in [0.4, 0.5) is 8.78 Å². The van der Waals surface area contributed by atoms with Crippen LogP contribution < -0.4 is 5.32 Å². The lowest BCUT2D eigenvalue weighted by Crippen LogP contribution is -2.34. The molecule has 0 unspecified atom stereocenters. The van der Waals surface area contributed by atoms with Gasteiger partial charge in [-0.05, 0) is 43.6 Å².